The molecule has 144 valence electrons. The van der Waals surface area contributed by atoms with Crippen molar-refractivity contribution in [2.24, 2.45) is 4.99 Å². The van der Waals surface area contributed by atoms with Crippen molar-refractivity contribution >= 4 is 27.6 Å². The number of nitrogens with one attached hydrogen (secondary N) is 1. The Labute approximate surface area is 150 Å². The molecule has 0 aromatic carbocycles. The van der Waals surface area contributed by atoms with Gasteiger partial charge in [-0.05, 0) is 13.8 Å². The summed E-state index contributed by atoms with van der Waals surface area (Å²) in [6, 6.07) is 0. The van der Waals surface area contributed by atoms with Crippen LogP contribution in [-0.4, -0.2) is 106 Å². The summed E-state index contributed by atoms with van der Waals surface area (Å²) in [6.07, 6.45) is 0. The zero-order valence-electron chi connectivity index (χ0n) is 15.9. The zero-order valence-corrected chi connectivity index (χ0v) is 16.7. The molecule has 0 aliphatic carbocycles. The van der Waals surface area contributed by atoms with E-state index >= 15 is 0 Å². The van der Waals surface area contributed by atoms with Crippen molar-refractivity contribution in [3.63, 3.8) is 0 Å². The van der Waals surface area contributed by atoms with Crippen molar-refractivity contribution in [2.75, 3.05) is 60.1 Å². The van der Waals surface area contributed by atoms with Gasteiger partial charge in [0.1, 0.15) is 6.54 Å². The Kier molecular flexibility index (Phi) is 6.81. The van der Waals surface area contributed by atoms with Crippen LogP contribution in [0.4, 0.5) is 0 Å². The van der Waals surface area contributed by atoms with E-state index in [0.717, 1.165) is 0 Å². The number of carbonyl (C=O) groups is 2. The minimum absolute atomic E-state index is 0.00392. The van der Waals surface area contributed by atoms with Crippen molar-refractivity contribution in [3.8, 4) is 0 Å². The number of hydrogen-bond donors (Lipinski definition) is 1. The number of likely N-dealkylation sites (N-methyl/N-ethyl adjacent to an activating group) is 2. The lowest BCUT2D eigenvalue weighted by atomic mass is 10.2. The molecule has 0 radical (unpaired) electrons. The molecule has 2 amide bonds. The second-order valence-corrected chi connectivity index (χ2v) is 9.81. The maximum atomic E-state index is 12.2. The van der Waals surface area contributed by atoms with E-state index < -0.39 is 14.6 Å². The van der Waals surface area contributed by atoms with Crippen molar-refractivity contribution in [3.05, 3.63) is 0 Å². The second-order valence-electron chi connectivity index (χ2n) is 7.07. The highest BCUT2D eigenvalue weighted by atomic mass is 32.2. The van der Waals surface area contributed by atoms with Crippen LogP contribution in [0.2, 0.25) is 0 Å². The molecule has 1 rings (SSSR count). The molecule has 1 N–H and O–H groups in total. The van der Waals surface area contributed by atoms with Crippen molar-refractivity contribution in [1.29, 1.82) is 0 Å². The molecule has 0 atom stereocenters. The number of hydrogen-bond acceptors (Lipinski definition) is 5. The normalized spacial score (nSPS) is 19.3. The number of amides is 2. The van der Waals surface area contributed by atoms with Gasteiger partial charge in [-0.15, -0.1) is 0 Å². The highest BCUT2D eigenvalue weighted by Crippen LogP contribution is 2.23. The van der Waals surface area contributed by atoms with Crippen LogP contribution in [0.5, 0.6) is 0 Å². The average Bonchev–Trinajstić information content (AvgIpc) is 2.49. The molecule has 0 aromatic heterocycles. The molecule has 0 aromatic rings. The number of rotatable bonds is 4. The average molecular weight is 375 g/mol. The summed E-state index contributed by atoms with van der Waals surface area (Å²) in [7, 11) is 3.37. The first kappa shape index (κ1) is 21.2. The minimum Gasteiger partial charge on any atom is -0.347 e. The topological polar surface area (TPSA) is 102 Å². The molecule has 10 heteroatoms. The van der Waals surface area contributed by atoms with Gasteiger partial charge in [0.2, 0.25) is 11.8 Å². The van der Waals surface area contributed by atoms with E-state index in [9.17, 15) is 18.0 Å². The monoisotopic (exact) mass is 375 g/mol. The van der Waals surface area contributed by atoms with Crippen LogP contribution in [0.3, 0.4) is 0 Å². The molecular formula is C15H29N5O4S. The maximum Gasteiger partial charge on any atom is 0.243 e. The summed E-state index contributed by atoms with van der Waals surface area (Å²) in [5.41, 5.74) is 0. The van der Waals surface area contributed by atoms with Gasteiger partial charge in [-0.1, -0.05) is 0 Å². The standard InChI is InChI=1S/C15H29N5O4S/c1-15(2)11-20(7-8-25(15,23)24)14(16-9-12(21)18(3)4)17-10-13(22)19(5)6/h7-11H2,1-6H3,(H,16,17). The lowest BCUT2D eigenvalue weighted by molar-refractivity contribution is -0.127. The number of sulfone groups is 1. The van der Waals surface area contributed by atoms with E-state index in [1.807, 2.05) is 0 Å². The Morgan fingerprint density at radius 2 is 1.68 bits per heavy atom. The van der Waals surface area contributed by atoms with E-state index in [1.165, 1.54) is 9.80 Å². The Bertz CT molecular complexity index is 640. The molecule has 1 fully saturated rings. The lowest BCUT2D eigenvalue weighted by Gasteiger charge is -2.39. The second kappa shape index (κ2) is 8.03. The Balaban J connectivity index is 2.96. The molecule has 0 unspecified atom stereocenters. The first-order chi connectivity index (χ1) is 11.4. The molecule has 1 aliphatic heterocycles. The molecule has 1 heterocycles. The molecule has 0 spiro atoms. The summed E-state index contributed by atoms with van der Waals surface area (Å²) in [5, 5.41) is 2.95. The summed E-state index contributed by atoms with van der Waals surface area (Å²) in [4.78, 5) is 32.6. The number of guanidine groups is 1. The maximum absolute atomic E-state index is 12.2. The molecule has 0 saturated carbocycles. The fourth-order valence-electron chi connectivity index (χ4n) is 2.19. The van der Waals surface area contributed by atoms with Crippen molar-refractivity contribution in [2.45, 2.75) is 18.6 Å². The quantitative estimate of drug-likeness (QED) is 0.480. The van der Waals surface area contributed by atoms with Crippen LogP contribution in [-0.2, 0) is 19.4 Å². The van der Waals surface area contributed by atoms with Gasteiger partial charge in [0.15, 0.2) is 15.8 Å². The molecule has 25 heavy (non-hydrogen) atoms. The summed E-state index contributed by atoms with van der Waals surface area (Å²) >= 11 is 0. The van der Waals surface area contributed by atoms with Crippen LogP contribution in [0.25, 0.3) is 0 Å². The molecule has 0 bridgehead atoms. The zero-order chi connectivity index (χ0) is 19.4. The highest BCUT2D eigenvalue weighted by molar-refractivity contribution is 7.92. The minimum atomic E-state index is -3.19. The first-order valence-electron chi connectivity index (χ1n) is 8.03. The third kappa shape index (κ3) is 5.58. The van der Waals surface area contributed by atoms with Gasteiger partial charge in [0, 0.05) is 41.3 Å². The fraction of sp³-hybridized carbons (Fsp3) is 0.800. The van der Waals surface area contributed by atoms with Gasteiger partial charge in [-0.3, -0.25) is 9.59 Å². The van der Waals surface area contributed by atoms with Crippen LogP contribution in [0.1, 0.15) is 13.8 Å². The smallest absolute Gasteiger partial charge is 0.243 e. The molecule has 1 saturated heterocycles. The van der Waals surface area contributed by atoms with Crippen molar-refractivity contribution < 1.29 is 18.0 Å². The van der Waals surface area contributed by atoms with Crippen LogP contribution >= 0.6 is 0 Å². The number of nitrogens with zero attached hydrogens (tertiary/aromatic N) is 4. The van der Waals surface area contributed by atoms with E-state index in [2.05, 4.69) is 10.3 Å². The van der Waals surface area contributed by atoms with Gasteiger partial charge in [0.25, 0.3) is 0 Å². The van der Waals surface area contributed by atoms with Gasteiger partial charge in [-0.2, -0.15) is 0 Å². The highest BCUT2D eigenvalue weighted by Gasteiger charge is 2.41. The van der Waals surface area contributed by atoms with Crippen LogP contribution in [0.15, 0.2) is 4.99 Å². The third-order valence-corrected chi connectivity index (χ3v) is 6.64. The summed E-state index contributed by atoms with van der Waals surface area (Å²) in [5.74, 6) is 0.0512. The van der Waals surface area contributed by atoms with Gasteiger partial charge < -0.3 is 20.0 Å². The number of carbonyl (C=O) groups excluding carboxylic acids is 2. The van der Waals surface area contributed by atoms with E-state index in [1.54, 1.807) is 46.9 Å². The summed E-state index contributed by atoms with van der Waals surface area (Å²) < 4.78 is 23.4. The third-order valence-electron chi connectivity index (χ3n) is 4.10. The SMILES string of the molecule is CN(C)C(=O)CN=C(NCC(=O)N(C)C)N1CCS(=O)(=O)C(C)(C)C1. The van der Waals surface area contributed by atoms with E-state index in [4.69, 9.17) is 0 Å². The predicted octanol–water partition coefficient (Wildman–Crippen LogP) is -1.38. The first-order valence-corrected chi connectivity index (χ1v) is 9.68. The predicted molar refractivity (Wildman–Crippen MR) is 97.1 cm³/mol. The molecule has 1 aliphatic rings. The van der Waals surface area contributed by atoms with Gasteiger partial charge in [0.05, 0.1) is 17.0 Å². The van der Waals surface area contributed by atoms with Crippen molar-refractivity contribution in [1.82, 2.24) is 20.0 Å². The largest absolute Gasteiger partial charge is 0.347 e. The Morgan fingerprint density at radius 3 is 2.16 bits per heavy atom. The Morgan fingerprint density at radius 1 is 1.12 bits per heavy atom. The number of aliphatic imine (C=N–C) groups is 1. The van der Waals surface area contributed by atoms with Gasteiger partial charge in [-0.25, -0.2) is 13.4 Å². The van der Waals surface area contributed by atoms with E-state index in [0.29, 0.717) is 5.96 Å². The molecule has 9 nitrogen and oxygen atoms in total. The fourth-order valence-corrected chi connectivity index (χ4v) is 3.55. The van der Waals surface area contributed by atoms with E-state index in [-0.39, 0.29) is 43.7 Å². The molecular weight excluding hydrogens is 346 g/mol. The lowest BCUT2D eigenvalue weighted by Crippen LogP contribution is -2.58. The van der Waals surface area contributed by atoms with Crippen LogP contribution < -0.4 is 5.32 Å². The van der Waals surface area contributed by atoms with Gasteiger partial charge >= 0.3 is 0 Å². The summed E-state index contributed by atoms with van der Waals surface area (Å²) in [6.45, 7) is 3.79. The Hall–Kier alpha value is -1.84. The van der Waals surface area contributed by atoms with Crippen LogP contribution in [0, 0.1) is 0 Å².